The smallest absolute Gasteiger partial charge is 0.312 e. The third-order valence-electron chi connectivity index (χ3n) is 3.42. The number of ether oxygens (including phenoxy) is 1. The number of hydrogen-bond donors (Lipinski definition) is 0. The van der Waals surface area contributed by atoms with Crippen molar-refractivity contribution in [2.75, 3.05) is 7.11 Å². The van der Waals surface area contributed by atoms with Crippen LogP contribution >= 0.6 is 0 Å². The number of carbonyl (C=O) groups excluding carboxylic acids is 1. The Balaban J connectivity index is 2.25. The second kappa shape index (κ2) is 4.28. The van der Waals surface area contributed by atoms with Gasteiger partial charge in [0, 0.05) is 0 Å². The summed E-state index contributed by atoms with van der Waals surface area (Å²) < 4.78 is 4.77. The van der Waals surface area contributed by atoms with Crippen molar-refractivity contribution in [2.45, 2.75) is 32.6 Å². The summed E-state index contributed by atoms with van der Waals surface area (Å²) in [4.78, 5) is 11.5. The average Bonchev–Trinajstić information content (AvgIpc) is 2.65. The summed E-state index contributed by atoms with van der Waals surface area (Å²) in [7, 11) is 1.44. The van der Waals surface area contributed by atoms with Gasteiger partial charge in [0.15, 0.2) is 0 Å². The Morgan fingerprint density at radius 2 is 2.06 bits per heavy atom. The molecule has 86 valence electrons. The van der Waals surface area contributed by atoms with E-state index < -0.39 is 0 Å². The number of fused-ring (bicyclic) bond motifs is 1. The van der Waals surface area contributed by atoms with E-state index in [2.05, 4.69) is 25.1 Å². The van der Waals surface area contributed by atoms with E-state index in [1.165, 1.54) is 24.7 Å². The van der Waals surface area contributed by atoms with E-state index in [9.17, 15) is 4.79 Å². The second-order valence-electron chi connectivity index (χ2n) is 4.79. The van der Waals surface area contributed by atoms with Gasteiger partial charge in [-0.05, 0) is 42.4 Å². The summed E-state index contributed by atoms with van der Waals surface area (Å²) in [5.74, 6) is 0.413. The molecule has 1 aliphatic carbocycles. The van der Waals surface area contributed by atoms with Gasteiger partial charge in [0.1, 0.15) is 0 Å². The molecule has 0 radical (unpaired) electrons. The molecule has 0 heterocycles. The molecule has 0 aromatic heterocycles. The Hall–Kier alpha value is -1.31. The number of esters is 1. The van der Waals surface area contributed by atoms with Crippen molar-refractivity contribution in [3.05, 3.63) is 34.9 Å². The van der Waals surface area contributed by atoms with Crippen molar-refractivity contribution in [3.8, 4) is 0 Å². The molecule has 1 aromatic carbocycles. The van der Waals surface area contributed by atoms with Crippen LogP contribution in [0.15, 0.2) is 18.2 Å². The number of benzene rings is 1. The van der Waals surface area contributed by atoms with Crippen LogP contribution in [0.4, 0.5) is 0 Å². The largest absolute Gasteiger partial charge is 0.469 e. The normalized spacial score (nSPS) is 20.3. The first-order chi connectivity index (χ1) is 7.61. The van der Waals surface area contributed by atoms with Gasteiger partial charge in [-0.3, -0.25) is 4.79 Å². The molecule has 0 fully saturated rings. The molecule has 1 aliphatic rings. The number of carbonyl (C=O) groups is 1. The predicted molar refractivity (Wildman–Crippen MR) is 63.4 cm³/mol. The van der Waals surface area contributed by atoms with Gasteiger partial charge in [0.25, 0.3) is 0 Å². The molecule has 0 amide bonds. The molecule has 0 bridgehead atoms. The monoisotopic (exact) mass is 218 g/mol. The zero-order valence-electron chi connectivity index (χ0n) is 10.1. The summed E-state index contributed by atoms with van der Waals surface area (Å²) in [6.07, 6.45) is 2.30. The Morgan fingerprint density at radius 3 is 2.75 bits per heavy atom. The maximum Gasteiger partial charge on any atom is 0.312 e. The third-order valence-corrected chi connectivity index (χ3v) is 3.42. The molecule has 0 saturated heterocycles. The summed E-state index contributed by atoms with van der Waals surface area (Å²) >= 11 is 0. The lowest BCUT2D eigenvalue weighted by atomic mass is 9.97. The first kappa shape index (κ1) is 11.2. The van der Waals surface area contributed by atoms with Gasteiger partial charge in [0.05, 0.1) is 13.0 Å². The molecule has 0 unspecified atom stereocenters. The van der Waals surface area contributed by atoms with Crippen LogP contribution < -0.4 is 0 Å². The maximum absolute atomic E-state index is 11.5. The maximum atomic E-state index is 11.5. The van der Waals surface area contributed by atoms with Crippen LogP contribution in [-0.2, 0) is 22.4 Å². The molecular formula is C14H18O2. The van der Waals surface area contributed by atoms with Gasteiger partial charge in [-0.2, -0.15) is 0 Å². The molecular weight excluding hydrogens is 200 g/mol. The van der Waals surface area contributed by atoms with E-state index in [1.54, 1.807) is 0 Å². The van der Waals surface area contributed by atoms with Crippen molar-refractivity contribution >= 4 is 5.97 Å². The standard InChI is InChI=1S/C14H18O2/c1-9-6-12-5-4-11(8-13(12)7-9)10(2)14(15)16-3/h4-5,8-10H,6-7H2,1-3H3/t9-,10+/m0/s1. The minimum atomic E-state index is -0.161. The first-order valence-corrected chi connectivity index (χ1v) is 5.81. The lowest BCUT2D eigenvalue weighted by Gasteiger charge is -2.11. The molecule has 1 aromatic rings. The minimum Gasteiger partial charge on any atom is -0.469 e. The Labute approximate surface area is 96.6 Å². The van der Waals surface area contributed by atoms with E-state index in [0.29, 0.717) is 0 Å². The van der Waals surface area contributed by atoms with Crippen LogP contribution in [0.1, 0.15) is 36.5 Å². The fourth-order valence-corrected chi connectivity index (χ4v) is 2.44. The van der Waals surface area contributed by atoms with Crippen molar-refractivity contribution in [3.63, 3.8) is 0 Å². The SMILES string of the molecule is COC(=O)[C@H](C)c1ccc2c(c1)C[C@@H](C)C2. The summed E-state index contributed by atoms with van der Waals surface area (Å²) in [5, 5.41) is 0. The van der Waals surface area contributed by atoms with Crippen molar-refractivity contribution in [1.29, 1.82) is 0 Å². The molecule has 0 spiro atoms. The Morgan fingerprint density at radius 1 is 1.38 bits per heavy atom. The van der Waals surface area contributed by atoms with Crippen LogP contribution in [0.3, 0.4) is 0 Å². The Kier molecular flexibility index (Phi) is 2.99. The molecule has 0 aliphatic heterocycles. The average molecular weight is 218 g/mol. The Bertz CT molecular complexity index is 409. The molecule has 16 heavy (non-hydrogen) atoms. The molecule has 2 heteroatoms. The second-order valence-corrected chi connectivity index (χ2v) is 4.79. The number of hydrogen-bond acceptors (Lipinski definition) is 2. The molecule has 2 rings (SSSR count). The van der Waals surface area contributed by atoms with E-state index in [-0.39, 0.29) is 11.9 Å². The predicted octanol–water partition coefficient (Wildman–Crippen LogP) is 2.70. The van der Waals surface area contributed by atoms with Crippen LogP contribution in [0.25, 0.3) is 0 Å². The van der Waals surface area contributed by atoms with Gasteiger partial charge < -0.3 is 4.74 Å². The van der Waals surface area contributed by atoms with Gasteiger partial charge in [-0.1, -0.05) is 25.1 Å². The molecule has 2 atom stereocenters. The number of rotatable bonds is 2. The van der Waals surface area contributed by atoms with E-state index in [1.807, 2.05) is 6.92 Å². The van der Waals surface area contributed by atoms with Gasteiger partial charge in [0.2, 0.25) is 0 Å². The van der Waals surface area contributed by atoms with E-state index in [0.717, 1.165) is 17.9 Å². The van der Waals surface area contributed by atoms with Crippen LogP contribution in [0.5, 0.6) is 0 Å². The van der Waals surface area contributed by atoms with Crippen molar-refractivity contribution < 1.29 is 9.53 Å². The lowest BCUT2D eigenvalue weighted by Crippen LogP contribution is -2.11. The van der Waals surface area contributed by atoms with Gasteiger partial charge in [-0.15, -0.1) is 0 Å². The third kappa shape index (κ3) is 1.97. The zero-order chi connectivity index (χ0) is 11.7. The van der Waals surface area contributed by atoms with E-state index in [4.69, 9.17) is 4.74 Å². The highest BCUT2D eigenvalue weighted by atomic mass is 16.5. The van der Waals surface area contributed by atoms with Crippen LogP contribution in [0.2, 0.25) is 0 Å². The summed E-state index contributed by atoms with van der Waals surface area (Å²) in [5.41, 5.74) is 3.91. The number of methoxy groups -OCH3 is 1. The summed E-state index contributed by atoms with van der Waals surface area (Å²) in [6.45, 7) is 4.16. The van der Waals surface area contributed by atoms with Gasteiger partial charge in [-0.25, -0.2) is 0 Å². The fourth-order valence-electron chi connectivity index (χ4n) is 2.44. The highest BCUT2D eigenvalue weighted by molar-refractivity contribution is 5.77. The summed E-state index contributed by atoms with van der Waals surface area (Å²) in [6, 6.07) is 6.38. The van der Waals surface area contributed by atoms with E-state index >= 15 is 0 Å². The first-order valence-electron chi connectivity index (χ1n) is 5.81. The van der Waals surface area contributed by atoms with Crippen molar-refractivity contribution in [1.82, 2.24) is 0 Å². The van der Waals surface area contributed by atoms with Crippen molar-refractivity contribution in [2.24, 2.45) is 5.92 Å². The van der Waals surface area contributed by atoms with Gasteiger partial charge >= 0.3 is 5.97 Å². The van der Waals surface area contributed by atoms with Crippen LogP contribution in [0, 0.1) is 5.92 Å². The topological polar surface area (TPSA) is 26.3 Å². The zero-order valence-corrected chi connectivity index (χ0v) is 10.1. The molecule has 0 N–H and O–H groups in total. The minimum absolute atomic E-state index is 0.161. The fraction of sp³-hybridized carbons (Fsp3) is 0.500. The molecule has 0 saturated carbocycles. The lowest BCUT2D eigenvalue weighted by molar-refractivity contribution is -0.141. The highest BCUT2D eigenvalue weighted by Gasteiger charge is 2.21. The quantitative estimate of drug-likeness (QED) is 0.713. The molecule has 2 nitrogen and oxygen atoms in total. The van der Waals surface area contributed by atoms with Crippen LogP contribution in [-0.4, -0.2) is 13.1 Å². The highest BCUT2D eigenvalue weighted by Crippen LogP contribution is 2.29.